The van der Waals surface area contributed by atoms with Crippen LogP contribution < -0.4 is 5.73 Å². The third-order valence-electron chi connectivity index (χ3n) is 6.02. The highest BCUT2D eigenvalue weighted by atomic mass is 16.4. The van der Waals surface area contributed by atoms with Crippen LogP contribution in [0.5, 0.6) is 0 Å². The molecule has 4 fully saturated rings. The van der Waals surface area contributed by atoms with Gasteiger partial charge in [0, 0.05) is 13.5 Å². The van der Waals surface area contributed by atoms with Crippen molar-refractivity contribution in [3.8, 4) is 0 Å². The molecule has 1 aromatic heterocycles. The van der Waals surface area contributed by atoms with E-state index >= 15 is 0 Å². The summed E-state index contributed by atoms with van der Waals surface area (Å²) in [6, 6.07) is 0. The SMILES string of the molecule is Cc1nnc(C(CN)CC23CC4CC(CC(C4)C2)C3)o1. The van der Waals surface area contributed by atoms with E-state index in [9.17, 15) is 0 Å². The Kier molecular flexibility index (Phi) is 2.92. The first-order valence-electron chi connectivity index (χ1n) is 8.16. The summed E-state index contributed by atoms with van der Waals surface area (Å²) in [5.41, 5.74) is 6.54. The lowest BCUT2D eigenvalue weighted by Crippen LogP contribution is -2.47. The minimum Gasteiger partial charge on any atom is -0.425 e. The van der Waals surface area contributed by atoms with E-state index in [1.165, 1.54) is 38.5 Å². The summed E-state index contributed by atoms with van der Waals surface area (Å²) in [5.74, 6) is 4.65. The summed E-state index contributed by atoms with van der Waals surface area (Å²) >= 11 is 0. The molecule has 5 rings (SSSR count). The molecule has 0 saturated heterocycles. The number of aromatic nitrogens is 2. The van der Waals surface area contributed by atoms with Gasteiger partial charge in [-0.15, -0.1) is 10.2 Å². The monoisotopic (exact) mass is 275 g/mol. The predicted molar refractivity (Wildman–Crippen MR) is 76.1 cm³/mol. The number of nitrogens with two attached hydrogens (primary N) is 1. The van der Waals surface area contributed by atoms with Crippen LogP contribution in [-0.4, -0.2) is 16.7 Å². The molecule has 0 aromatic carbocycles. The second-order valence-electron chi connectivity index (χ2n) is 7.71. The molecule has 20 heavy (non-hydrogen) atoms. The fraction of sp³-hybridized carbons (Fsp3) is 0.875. The lowest BCUT2D eigenvalue weighted by molar-refractivity contribution is -0.0614. The molecule has 1 heterocycles. The minimum atomic E-state index is 0.257. The number of aryl methyl sites for hydroxylation is 1. The minimum absolute atomic E-state index is 0.257. The molecule has 4 nitrogen and oxygen atoms in total. The maximum atomic E-state index is 6.02. The summed E-state index contributed by atoms with van der Waals surface area (Å²) in [5, 5.41) is 8.20. The highest BCUT2D eigenvalue weighted by molar-refractivity contribution is 5.05. The summed E-state index contributed by atoms with van der Waals surface area (Å²) in [7, 11) is 0. The van der Waals surface area contributed by atoms with Crippen LogP contribution in [-0.2, 0) is 0 Å². The molecule has 1 atom stereocenters. The van der Waals surface area contributed by atoms with Gasteiger partial charge in [0.2, 0.25) is 11.8 Å². The quantitative estimate of drug-likeness (QED) is 0.917. The van der Waals surface area contributed by atoms with E-state index in [0.29, 0.717) is 17.9 Å². The second-order valence-corrected chi connectivity index (χ2v) is 7.71. The van der Waals surface area contributed by atoms with Crippen molar-refractivity contribution in [2.45, 2.75) is 57.8 Å². The van der Waals surface area contributed by atoms with Gasteiger partial charge in [-0.2, -0.15) is 0 Å². The number of hydrogen-bond acceptors (Lipinski definition) is 4. The van der Waals surface area contributed by atoms with Crippen LogP contribution in [0, 0.1) is 30.1 Å². The fourth-order valence-electron chi connectivity index (χ4n) is 5.81. The normalized spacial score (nSPS) is 40.2. The maximum absolute atomic E-state index is 6.02. The number of hydrogen-bond donors (Lipinski definition) is 1. The Bertz CT molecular complexity index is 460. The Balaban J connectivity index is 1.55. The van der Waals surface area contributed by atoms with Crippen molar-refractivity contribution in [1.82, 2.24) is 10.2 Å². The third-order valence-corrected chi connectivity index (χ3v) is 6.02. The lowest BCUT2D eigenvalue weighted by atomic mass is 9.48. The molecule has 0 spiro atoms. The fourth-order valence-corrected chi connectivity index (χ4v) is 5.81. The number of nitrogens with zero attached hydrogens (tertiary/aromatic N) is 2. The van der Waals surface area contributed by atoms with Gasteiger partial charge in [-0.1, -0.05) is 0 Å². The van der Waals surface area contributed by atoms with Gasteiger partial charge >= 0.3 is 0 Å². The molecule has 1 aromatic rings. The lowest BCUT2D eigenvalue weighted by Gasteiger charge is -2.57. The van der Waals surface area contributed by atoms with Gasteiger partial charge in [-0.25, -0.2) is 0 Å². The van der Waals surface area contributed by atoms with Crippen molar-refractivity contribution in [3.05, 3.63) is 11.8 Å². The Morgan fingerprint density at radius 1 is 1.15 bits per heavy atom. The van der Waals surface area contributed by atoms with E-state index in [-0.39, 0.29) is 5.92 Å². The first kappa shape index (κ1) is 12.8. The van der Waals surface area contributed by atoms with Crippen molar-refractivity contribution in [2.24, 2.45) is 28.9 Å². The van der Waals surface area contributed by atoms with Crippen LogP contribution in [0.25, 0.3) is 0 Å². The Morgan fingerprint density at radius 2 is 1.75 bits per heavy atom. The Morgan fingerprint density at radius 3 is 2.20 bits per heavy atom. The molecule has 4 heteroatoms. The van der Waals surface area contributed by atoms with E-state index < -0.39 is 0 Å². The Hall–Kier alpha value is -0.900. The molecule has 0 radical (unpaired) electrons. The van der Waals surface area contributed by atoms with Gasteiger partial charge < -0.3 is 10.2 Å². The van der Waals surface area contributed by atoms with Crippen molar-refractivity contribution < 1.29 is 4.42 Å². The van der Waals surface area contributed by atoms with Gasteiger partial charge in [0.15, 0.2) is 0 Å². The molecular weight excluding hydrogens is 250 g/mol. The van der Waals surface area contributed by atoms with Gasteiger partial charge in [-0.3, -0.25) is 0 Å². The molecule has 110 valence electrons. The average Bonchev–Trinajstić information content (AvgIpc) is 2.81. The van der Waals surface area contributed by atoms with E-state index in [1.807, 2.05) is 6.92 Å². The van der Waals surface area contributed by atoms with Crippen LogP contribution in [0.1, 0.15) is 62.6 Å². The topological polar surface area (TPSA) is 64.9 Å². The molecule has 0 amide bonds. The second kappa shape index (κ2) is 4.55. The first-order chi connectivity index (χ1) is 9.66. The first-order valence-corrected chi connectivity index (χ1v) is 8.16. The zero-order valence-corrected chi connectivity index (χ0v) is 12.3. The third kappa shape index (κ3) is 2.09. The zero-order valence-electron chi connectivity index (χ0n) is 12.3. The predicted octanol–water partition coefficient (Wildman–Crippen LogP) is 3.03. The molecule has 4 saturated carbocycles. The van der Waals surface area contributed by atoms with Crippen molar-refractivity contribution in [2.75, 3.05) is 6.54 Å². The van der Waals surface area contributed by atoms with Gasteiger partial charge in [0.1, 0.15) is 0 Å². The van der Waals surface area contributed by atoms with Crippen LogP contribution in [0.2, 0.25) is 0 Å². The molecular formula is C16H25N3O. The molecule has 4 bridgehead atoms. The van der Waals surface area contributed by atoms with Crippen LogP contribution in [0.4, 0.5) is 0 Å². The summed E-state index contributed by atoms with van der Waals surface area (Å²) in [6.45, 7) is 2.48. The number of rotatable bonds is 4. The van der Waals surface area contributed by atoms with Crippen molar-refractivity contribution in [3.63, 3.8) is 0 Å². The van der Waals surface area contributed by atoms with Crippen LogP contribution >= 0.6 is 0 Å². The smallest absolute Gasteiger partial charge is 0.220 e. The molecule has 1 unspecified atom stereocenters. The standard InChI is InChI=1S/C16H25N3O/c1-10-18-19-15(20-10)14(9-17)8-16-5-11-2-12(6-16)4-13(3-11)7-16/h11-14H,2-9,17H2,1H3. The summed E-state index contributed by atoms with van der Waals surface area (Å²) < 4.78 is 5.65. The Labute approximate surface area is 120 Å². The van der Waals surface area contributed by atoms with Gasteiger partial charge in [0.25, 0.3) is 0 Å². The van der Waals surface area contributed by atoms with Crippen molar-refractivity contribution >= 4 is 0 Å². The maximum Gasteiger partial charge on any atom is 0.220 e. The zero-order chi connectivity index (χ0) is 13.7. The molecule has 4 aliphatic carbocycles. The highest BCUT2D eigenvalue weighted by Gasteiger charge is 2.51. The highest BCUT2D eigenvalue weighted by Crippen LogP contribution is 2.62. The van der Waals surface area contributed by atoms with Gasteiger partial charge in [0.05, 0.1) is 5.92 Å². The van der Waals surface area contributed by atoms with Gasteiger partial charge in [-0.05, 0) is 68.1 Å². The average molecular weight is 275 g/mol. The molecule has 2 N–H and O–H groups in total. The van der Waals surface area contributed by atoms with E-state index in [2.05, 4.69) is 10.2 Å². The van der Waals surface area contributed by atoms with Crippen LogP contribution in [0.15, 0.2) is 4.42 Å². The summed E-state index contributed by atoms with van der Waals surface area (Å²) in [6.07, 6.45) is 9.90. The van der Waals surface area contributed by atoms with E-state index in [0.717, 1.165) is 30.1 Å². The van der Waals surface area contributed by atoms with Crippen LogP contribution in [0.3, 0.4) is 0 Å². The van der Waals surface area contributed by atoms with E-state index in [1.54, 1.807) is 0 Å². The molecule has 4 aliphatic rings. The molecule has 0 aliphatic heterocycles. The van der Waals surface area contributed by atoms with Crippen molar-refractivity contribution in [1.29, 1.82) is 0 Å². The van der Waals surface area contributed by atoms with E-state index in [4.69, 9.17) is 10.2 Å². The largest absolute Gasteiger partial charge is 0.425 e. The summed E-state index contributed by atoms with van der Waals surface area (Å²) in [4.78, 5) is 0.